The van der Waals surface area contributed by atoms with Gasteiger partial charge in [0.05, 0.1) is 16.4 Å². The van der Waals surface area contributed by atoms with Crippen molar-refractivity contribution in [2.45, 2.75) is 13.8 Å². The highest BCUT2D eigenvalue weighted by Gasteiger charge is 2.41. The summed E-state index contributed by atoms with van der Waals surface area (Å²) >= 11 is 18.0. The molecule has 0 bridgehead atoms. The summed E-state index contributed by atoms with van der Waals surface area (Å²) in [4.78, 5) is 30.1. The van der Waals surface area contributed by atoms with Crippen LogP contribution in [-0.2, 0) is 9.59 Å². The molecule has 1 aromatic heterocycles. The molecule has 0 unspecified atom stereocenters. The van der Waals surface area contributed by atoms with Crippen molar-refractivity contribution in [1.29, 1.82) is 0 Å². The second kappa shape index (κ2) is 9.98. The molecule has 37 heavy (non-hydrogen) atoms. The number of carbonyl (C=O) groups excluding carboxylic acids is 2. The molecule has 0 saturated carbocycles. The number of nitrogens with zero attached hydrogens (tertiary/aromatic N) is 2. The SMILES string of the molecule is Cc1ccc(N2C(=O)C(=Cc3ccc(-c4ccc(Cl)cc4Cl)o3)C(=O)N(c3ccccc3)C2=S)cc1C. The number of benzene rings is 3. The lowest BCUT2D eigenvalue weighted by Crippen LogP contribution is -2.57. The van der Waals surface area contributed by atoms with Gasteiger partial charge in [0.25, 0.3) is 11.8 Å². The molecule has 0 N–H and O–H groups in total. The summed E-state index contributed by atoms with van der Waals surface area (Å²) < 4.78 is 5.96. The number of amides is 2. The summed E-state index contributed by atoms with van der Waals surface area (Å²) in [5.74, 6) is -0.277. The van der Waals surface area contributed by atoms with Gasteiger partial charge in [0, 0.05) is 10.6 Å². The molecule has 3 aromatic carbocycles. The van der Waals surface area contributed by atoms with Gasteiger partial charge in [0.2, 0.25) is 0 Å². The highest BCUT2D eigenvalue weighted by atomic mass is 35.5. The zero-order valence-corrected chi connectivity index (χ0v) is 22.2. The average molecular weight is 547 g/mol. The van der Waals surface area contributed by atoms with E-state index in [-0.39, 0.29) is 10.7 Å². The van der Waals surface area contributed by atoms with Crippen LogP contribution >= 0.6 is 35.4 Å². The Balaban J connectivity index is 1.61. The van der Waals surface area contributed by atoms with Crippen LogP contribution in [0.2, 0.25) is 10.0 Å². The van der Waals surface area contributed by atoms with Gasteiger partial charge < -0.3 is 4.42 Å². The quantitative estimate of drug-likeness (QED) is 0.150. The third kappa shape index (κ3) is 4.71. The van der Waals surface area contributed by atoms with Gasteiger partial charge in [-0.15, -0.1) is 0 Å². The van der Waals surface area contributed by atoms with Crippen LogP contribution in [0.5, 0.6) is 0 Å². The van der Waals surface area contributed by atoms with Gasteiger partial charge in [0.1, 0.15) is 17.1 Å². The first-order valence-electron chi connectivity index (χ1n) is 11.4. The number of thiocarbonyl (C=S) groups is 1. The molecule has 0 aliphatic carbocycles. The number of furan rings is 1. The summed E-state index contributed by atoms with van der Waals surface area (Å²) in [6, 6.07) is 23.1. The van der Waals surface area contributed by atoms with Gasteiger partial charge in [-0.25, -0.2) is 0 Å². The fourth-order valence-electron chi connectivity index (χ4n) is 4.03. The van der Waals surface area contributed by atoms with E-state index in [1.54, 1.807) is 54.6 Å². The van der Waals surface area contributed by atoms with Crippen LogP contribution in [0.3, 0.4) is 0 Å². The first kappa shape index (κ1) is 25.0. The minimum absolute atomic E-state index is 0.0784. The Bertz CT molecular complexity index is 1590. The first-order valence-corrected chi connectivity index (χ1v) is 12.5. The van der Waals surface area contributed by atoms with Crippen molar-refractivity contribution in [3.63, 3.8) is 0 Å². The predicted molar refractivity (Wildman–Crippen MR) is 152 cm³/mol. The van der Waals surface area contributed by atoms with Gasteiger partial charge in [0.15, 0.2) is 5.11 Å². The van der Waals surface area contributed by atoms with Crippen molar-refractivity contribution in [3.8, 4) is 11.3 Å². The zero-order chi connectivity index (χ0) is 26.3. The van der Waals surface area contributed by atoms with E-state index in [2.05, 4.69) is 0 Å². The molecule has 1 aliphatic heterocycles. The van der Waals surface area contributed by atoms with E-state index in [0.717, 1.165) is 11.1 Å². The number of hydrogen-bond donors (Lipinski definition) is 0. The summed E-state index contributed by atoms with van der Waals surface area (Å²) in [6.45, 7) is 3.95. The molecule has 0 radical (unpaired) electrons. The van der Waals surface area contributed by atoms with Gasteiger partial charge in [-0.2, -0.15) is 0 Å². The fraction of sp³-hybridized carbons (Fsp3) is 0.0690. The average Bonchev–Trinajstić information content (AvgIpc) is 3.33. The van der Waals surface area contributed by atoms with Crippen molar-refractivity contribution < 1.29 is 14.0 Å². The molecule has 2 amide bonds. The Morgan fingerprint density at radius 2 is 1.49 bits per heavy atom. The van der Waals surface area contributed by atoms with Crippen LogP contribution in [0.15, 0.2) is 88.9 Å². The molecule has 4 aromatic rings. The molecule has 5 rings (SSSR count). The van der Waals surface area contributed by atoms with Crippen LogP contribution in [0, 0.1) is 13.8 Å². The van der Waals surface area contributed by atoms with Crippen molar-refractivity contribution >= 4 is 69.8 Å². The monoisotopic (exact) mass is 546 g/mol. The van der Waals surface area contributed by atoms with Crippen molar-refractivity contribution in [2.75, 3.05) is 9.80 Å². The molecule has 5 nitrogen and oxygen atoms in total. The number of anilines is 2. The van der Waals surface area contributed by atoms with Gasteiger partial charge >= 0.3 is 0 Å². The van der Waals surface area contributed by atoms with Gasteiger partial charge in [-0.05, 0) is 97.9 Å². The smallest absolute Gasteiger partial charge is 0.270 e. The van der Waals surface area contributed by atoms with E-state index in [1.807, 2.05) is 38.1 Å². The van der Waals surface area contributed by atoms with E-state index in [0.29, 0.717) is 38.5 Å². The molecular formula is C29H20Cl2N2O3S. The summed E-state index contributed by atoms with van der Waals surface area (Å²) in [5, 5.41) is 1.01. The highest BCUT2D eigenvalue weighted by Crippen LogP contribution is 2.34. The molecule has 1 aliphatic rings. The molecule has 184 valence electrons. The van der Waals surface area contributed by atoms with Crippen LogP contribution in [0.25, 0.3) is 17.4 Å². The fourth-order valence-corrected chi connectivity index (χ4v) is 4.91. The molecular weight excluding hydrogens is 527 g/mol. The Labute approximate surface area is 229 Å². The summed E-state index contributed by atoms with van der Waals surface area (Å²) in [7, 11) is 0. The van der Waals surface area contributed by atoms with Gasteiger partial charge in [-0.3, -0.25) is 19.4 Å². The van der Waals surface area contributed by atoms with Crippen LogP contribution in [0.4, 0.5) is 11.4 Å². The highest BCUT2D eigenvalue weighted by molar-refractivity contribution is 7.81. The molecule has 1 saturated heterocycles. The van der Waals surface area contributed by atoms with E-state index >= 15 is 0 Å². The van der Waals surface area contributed by atoms with Crippen LogP contribution in [-0.4, -0.2) is 16.9 Å². The van der Waals surface area contributed by atoms with E-state index in [9.17, 15) is 9.59 Å². The van der Waals surface area contributed by atoms with Crippen molar-refractivity contribution in [3.05, 3.63) is 111 Å². The maximum absolute atomic E-state index is 13.7. The van der Waals surface area contributed by atoms with Crippen LogP contribution in [0.1, 0.15) is 16.9 Å². The molecule has 1 fully saturated rings. The standard InChI is InChI=1S/C29H20Cl2N2O3S/c1-17-8-10-21(14-18(17)2)33-28(35)24(27(34)32(29(33)37)20-6-4-3-5-7-20)16-22-11-13-26(36-22)23-12-9-19(30)15-25(23)31/h3-16H,1-2H3. The van der Waals surface area contributed by atoms with E-state index < -0.39 is 11.8 Å². The first-order chi connectivity index (χ1) is 17.7. The lowest BCUT2D eigenvalue weighted by atomic mass is 10.1. The van der Waals surface area contributed by atoms with Crippen LogP contribution < -0.4 is 9.80 Å². The molecule has 8 heteroatoms. The second-order valence-electron chi connectivity index (χ2n) is 8.55. The predicted octanol–water partition coefficient (Wildman–Crippen LogP) is 7.62. The number of rotatable bonds is 4. The molecule has 0 spiro atoms. The normalized spacial score (nSPS) is 15.1. The minimum atomic E-state index is -0.538. The third-order valence-electron chi connectivity index (χ3n) is 6.12. The summed E-state index contributed by atoms with van der Waals surface area (Å²) in [5.41, 5.74) is 3.76. The topological polar surface area (TPSA) is 53.8 Å². The number of hydrogen-bond acceptors (Lipinski definition) is 4. The Morgan fingerprint density at radius 1 is 0.784 bits per heavy atom. The maximum atomic E-state index is 13.7. The number of para-hydroxylation sites is 1. The third-order valence-corrected chi connectivity index (χ3v) is 7.04. The van der Waals surface area contributed by atoms with Crippen molar-refractivity contribution in [1.82, 2.24) is 0 Å². The van der Waals surface area contributed by atoms with Gasteiger partial charge in [-0.1, -0.05) is 47.5 Å². The summed E-state index contributed by atoms with van der Waals surface area (Å²) in [6.07, 6.45) is 1.43. The Kier molecular flexibility index (Phi) is 6.73. The molecule has 2 heterocycles. The Hall–Kier alpha value is -3.71. The minimum Gasteiger partial charge on any atom is -0.457 e. The lowest BCUT2D eigenvalue weighted by molar-refractivity contribution is -0.120. The van der Waals surface area contributed by atoms with Crippen molar-refractivity contribution in [2.24, 2.45) is 0 Å². The number of carbonyl (C=O) groups is 2. The zero-order valence-electron chi connectivity index (χ0n) is 19.9. The molecule has 0 atom stereocenters. The largest absolute Gasteiger partial charge is 0.457 e. The number of aryl methyl sites for hydroxylation is 2. The number of halogens is 2. The van der Waals surface area contributed by atoms with E-state index in [4.69, 9.17) is 39.8 Å². The Morgan fingerprint density at radius 3 is 2.16 bits per heavy atom. The maximum Gasteiger partial charge on any atom is 0.270 e. The lowest BCUT2D eigenvalue weighted by Gasteiger charge is -2.36. The second-order valence-corrected chi connectivity index (χ2v) is 9.76. The van der Waals surface area contributed by atoms with E-state index in [1.165, 1.54) is 15.9 Å².